The van der Waals surface area contributed by atoms with Gasteiger partial charge in [0.1, 0.15) is 17.3 Å². The fourth-order valence-electron chi connectivity index (χ4n) is 7.60. The van der Waals surface area contributed by atoms with E-state index in [4.69, 9.17) is 14.8 Å². The second-order valence-corrected chi connectivity index (χ2v) is 15.9. The zero-order valence-electron chi connectivity index (χ0n) is 32.3. The Balaban J connectivity index is 1.37. The van der Waals surface area contributed by atoms with Crippen molar-refractivity contribution in [1.82, 2.24) is 19.3 Å². The van der Waals surface area contributed by atoms with E-state index in [-0.39, 0.29) is 5.41 Å². The van der Waals surface area contributed by atoms with Gasteiger partial charge in [-0.1, -0.05) is 84.4 Å². The molecular weight excluding hydrogens is 637 g/mol. The Bertz CT molecular complexity index is 2380. The predicted octanol–water partition coefficient (Wildman–Crippen LogP) is 12.6. The standard InChI is InChI=1S/C47H52N4O/c1-10-14-34-23-24-48-44(25-34)50-41-18-12-11-17-39(41)40-21-20-37(29-43(40)50)52-38-27-35(47(7,8)9)26-36(28-38)51-42(22-19-30(2)3)46(33(6)49-51)45-31(4)15-13-16-32(45)5/h11-13,15-18,20-21,23-30H,10,14,19,22H2,1-9H3. The Morgan fingerprint density at radius 2 is 1.48 bits per heavy atom. The Kier molecular flexibility index (Phi) is 9.56. The number of hydrogen-bond acceptors (Lipinski definition) is 3. The number of ether oxygens (including phenoxy) is 1. The van der Waals surface area contributed by atoms with Gasteiger partial charge in [0, 0.05) is 34.7 Å². The lowest BCUT2D eigenvalue weighted by Crippen LogP contribution is -2.13. The molecule has 3 heterocycles. The van der Waals surface area contributed by atoms with Crippen LogP contribution in [0.3, 0.4) is 0 Å². The van der Waals surface area contributed by atoms with Crippen molar-refractivity contribution in [1.29, 1.82) is 0 Å². The molecule has 52 heavy (non-hydrogen) atoms. The van der Waals surface area contributed by atoms with Crippen molar-refractivity contribution in [3.8, 4) is 34.1 Å². The molecule has 0 aliphatic rings. The van der Waals surface area contributed by atoms with Crippen molar-refractivity contribution >= 4 is 21.8 Å². The van der Waals surface area contributed by atoms with Crippen molar-refractivity contribution in [3.63, 3.8) is 0 Å². The van der Waals surface area contributed by atoms with Crippen LogP contribution in [0.1, 0.15) is 88.0 Å². The van der Waals surface area contributed by atoms with Crippen molar-refractivity contribution in [2.24, 2.45) is 5.92 Å². The third-order valence-electron chi connectivity index (χ3n) is 10.3. The molecule has 0 N–H and O–H groups in total. The molecule has 0 unspecified atom stereocenters. The number of nitrogens with zero attached hydrogens (tertiary/aromatic N) is 4. The van der Waals surface area contributed by atoms with Gasteiger partial charge < -0.3 is 4.74 Å². The number of hydrogen-bond donors (Lipinski definition) is 0. The normalized spacial score (nSPS) is 12.0. The van der Waals surface area contributed by atoms with Crippen LogP contribution in [0.5, 0.6) is 11.5 Å². The Morgan fingerprint density at radius 1 is 0.731 bits per heavy atom. The van der Waals surface area contributed by atoms with E-state index in [1.807, 2.05) is 6.20 Å². The number of rotatable bonds is 10. The van der Waals surface area contributed by atoms with E-state index in [9.17, 15) is 0 Å². The summed E-state index contributed by atoms with van der Waals surface area (Å²) in [6, 6.07) is 32.6. The topological polar surface area (TPSA) is 44.9 Å². The van der Waals surface area contributed by atoms with Crippen LogP contribution < -0.4 is 4.74 Å². The molecule has 5 nitrogen and oxygen atoms in total. The van der Waals surface area contributed by atoms with Gasteiger partial charge in [-0.3, -0.25) is 4.57 Å². The molecule has 0 aliphatic carbocycles. The number of pyridine rings is 1. The van der Waals surface area contributed by atoms with E-state index in [0.29, 0.717) is 5.92 Å². The quantitative estimate of drug-likeness (QED) is 0.144. The molecule has 7 rings (SSSR count). The molecule has 266 valence electrons. The molecule has 0 saturated heterocycles. The van der Waals surface area contributed by atoms with Gasteiger partial charge in [0.2, 0.25) is 0 Å². The first-order valence-electron chi connectivity index (χ1n) is 18.9. The number of aromatic nitrogens is 4. The minimum Gasteiger partial charge on any atom is -0.457 e. The molecule has 0 amide bonds. The Morgan fingerprint density at radius 3 is 2.21 bits per heavy atom. The molecule has 0 saturated carbocycles. The number of para-hydroxylation sites is 1. The van der Waals surface area contributed by atoms with Crippen LogP contribution in [0.4, 0.5) is 0 Å². The zero-order chi connectivity index (χ0) is 36.7. The van der Waals surface area contributed by atoms with E-state index < -0.39 is 0 Å². The first-order chi connectivity index (χ1) is 24.9. The van der Waals surface area contributed by atoms with Gasteiger partial charge in [-0.25, -0.2) is 9.67 Å². The zero-order valence-corrected chi connectivity index (χ0v) is 32.3. The maximum absolute atomic E-state index is 6.86. The van der Waals surface area contributed by atoms with Gasteiger partial charge in [0.05, 0.1) is 28.1 Å². The van der Waals surface area contributed by atoms with Crippen molar-refractivity contribution < 1.29 is 4.74 Å². The number of aryl methyl sites for hydroxylation is 4. The third kappa shape index (κ3) is 6.77. The summed E-state index contributed by atoms with van der Waals surface area (Å²) in [5, 5.41) is 7.65. The van der Waals surface area contributed by atoms with Gasteiger partial charge in [-0.15, -0.1) is 0 Å². The van der Waals surface area contributed by atoms with Crippen LogP contribution in [0.2, 0.25) is 0 Å². The minimum absolute atomic E-state index is 0.102. The van der Waals surface area contributed by atoms with Crippen LogP contribution >= 0.6 is 0 Å². The largest absolute Gasteiger partial charge is 0.457 e. The Labute approximate surface area is 309 Å². The summed E-state index contributed by atoms with van der Waals surface area (Å²) in [7, 11) is 0. The lowest BCUT2D eigenvalue weighted by atomic mass is 9.86. The van der Waals surface area contributed by atoms with Crippen LogP contribution in [0.25, 0.3) is 44.4 Å². The summed E-state index contributed by atoms with van der Waals surface area (Å²) in [5.41, 5.74) is 13.0. The van der Waals surface area contributed by atoms with E-state index >= 15 is 0 Å². The monoisotopic (exact) mass is 688 g/mol. The molecule has 3 aromatic heterocycles. The molecule has 0 spiro atoms. The Hall–Kier alpha value is -5.16. The average Bonchev–Trinajstić information content (AvgIpc) is 3.61. The maximum Gasteiger partial charge on any atom is 0.137 e. The summed E-state index contributed by atoms with van der Waals surface area (Å²) in [5.74, 6) is 3.08. The lowest BCUT2D eigenvalue weighted by molar-refractivity contribution is 0.478. The molecular formula is C47H52N4O. The second-order valence-electron chi connectivity index (χ2n) is 15.9. The highest BCUT2D eigenvalue weighted by Crippen LogP contribution is 2.39. The SMILES string of the molecule is CCCc1ccnc(-n2c3ccccc3c3ccc(Oc4cc(-n5nc(C)c(-c6c(C)cccc6C)c5CCC(C)C)cc(C(C)(C)C)c4)cc32)c1. The fraction of sp³-hybridized carbons (Fsp3) is 0.319. The van der Waals surface area contributed by atoms with Gasteiger partial charge in [0.25, 0.3) is 0 Å². The van der Waals surface area contributed by atoms with Crippen molar-refractivity contribution in [2.75, 3.05) is 0 Å². The lowest BCUT2D eigenvalue weighted by Gasteiger charge is -2.22. The van der Waals surface area contributed by atoms with Crippen LogP contribution in [-0.2, 0) is 18.3 Å². The van der Waals surface area contributed by atoms with Gasteiger partial charge in [-0.2, -0.15) is 5.10 Å². The average molecular weight is 689 g/mol. The molecule has 4 aromatic carbocycles. The van der Waals surface area contributed by atoms with E-state index in [0.717, 1.165) is 65.4 Å². The molecule has 0 radical (unpaired) electrons. The number of fused-ring (bicyclic) bond motifs is 3. The van der Waals surface area contributed by atoms with Crippen molar-refractivity contribution in [3.05, 3.63) is 131 Å². The molecule has 0 fully saturated rings. The van der Waals surface area contributed by atoms with Gasteiger partial charge in [0.15, 0.2) is 0 Å². The summed E-state index contributed by atoms with van der Waals surface area (Å²) in [6.45, 7) is 20.2. The van der Waals surface area contributed by atoms with E-state index in [2.05, 4.69) is 163 Å². The highest BCUT2D eigenvalue weighted by atomic mass is 16.5. The highest BCUT2D eigenvalue weighted by Gasteiger charge is 2.24. The van der Waals surface area contributed by atoms with Crippen molar-refractivity contribution in [2.45, 2.75) is 93.4 Å². The first kappa shape index (κ1) is 35.3. The van der Waals surface area contributed by atoms with Gasteiger partial charge in [-0.05, 0) is 122 Å². The molecule has 0 atom stereocenters. The molecule has 5 heteroatoms. The highest BCUT2D eigenvalue weighted by molar-refractivity contribution is 6.09. The molecule has 7 aromatic rings. The van der Waals surface area contributed by atoms with E-state index in [1.165, 1.54) is 49.8 Å². The second kappa shape index (κ2) is 14.1. The fourth-order valence-corrected chi connectivity index (χ4v) is 7.60. The molecule has 0 bridgehead atoms. The maximum atomic E-state index is 6.86. The van der Waals surface area contributed by atoms with Crippen LogP contribution in [0, 0.1) is 26.7 Å². The van der Waals surface area contributed by atoms with E-state index in [1.54, 1.807) is 0 Å². The predicted molar refractivity (Wildman–Crippen MR) is 218 cm³/mol. The summed E-state index contributed by atoms with van der Waals surface area (Å²) in [6.07, 6.45) is 6.06. The number of benzene rings is 4. The molecule has 0 aliphatic heterocycles. The van der Waals surface area contributed by atoms with Gasteiger partial charge >= 0.3 is 0 Å². The van der Waals surface area contributed by atoms with Crippen LogP contribution in [0.15, 0.2) is 97.2 Å². The summed E-state index contributed by atoms with van der Waals surface area (Å²) in [4.78, 5) is 4.85. The third-order valence-corrected chi connectivity index (χ3v) is 10.3. The smallest absolute Gasteiger partial charge is 0.137 e. The minimum atomic E-state index is -0.102. The van der Waals surface area contributed by atoms with Crippen LogP contribution in [-0.4, -0.2) is 19.3 Å². The first-order valence-corrected chi connectivity index (χ1v) is 18.9. The summed E-state index contributed by atoms with van der Waals surface area (Å²) >= 11 is 0. The summed E-state index contributed by atoms with van der Waals surface area (Å²) < 4.78 is 11.3.